The molecule has 19 heavy (non-hydrogen) atoms. The molecule has 0 aliphatic rings. The molecule has 1 atom stereocenters. The summed E-state index contributed by atoms with van der Waals surface area (Å²) < 4.78 is 5.10. The third kappa shape index (κ3) is 4.21. The Morgan fingerprint density at radius 3 is 2.79 bits per heavy atom. The number of rotatable bonds is 6. The van der Waals surface area contributed by atoms with Crippen molar-refractivity contribution in [3.05, 3.63) is 23.9 Å². The van der Waals surface area contributed by atoms with Crippen LogP contribution in [0.15, 0.2) is 18.3 Å². The molecule has 5 heteroatoms. The van der Waals surface area contributed by atoms with Gasteiger partial charge in [0.25, 0.3) is 5.91 Å². The summed E-state index contributed by atoms with van der Waals surface area (Å²) in [6.07, 6.45) is 2.38. The van der Waals surface area contributed by atoms with Crippen molar-refractivity contribution in [3.8, 4) is 5.88 Å². The second-order valence-corrected chi connectivity index (χ2v) is 4.98. The van der Waals surface area contributed by atoms with Crippen molar-refractivity contribution in [2.45, 2.75) is 26.3 Å². The molecule has 0 spiro atoms. The molecule has 2 N–H and O–H groups in total. The van der Waals surface area contributed by atoms with Crippen LogP contribution in [0.25, 0.3) is 0 Å². The first kappa shape index (κ1) is 15.4. The number of carbonyl (C=O) groups excluding carboxylic acids is 1. The third-order valence-electron chi connectivity index (χ3n) is 3.20. The van der Waals surface area contributed by atoms with E-state index in [9.17, 15) is 4.79 Å². The van der Waals surface area contributed by atoms with Gasteiger partial charge in [-0.2, -0.15) is 0 Å². The number of nitrogens with two attached hydrogens (primary N) is 1. The van der Waals surface area contributed by atoms with Crippen molar-refractivity contribution < 1.29 is 9.53 Å². The molecule has 0 radical (unpaired) electrons. The molecule has 0 aliphatic heterocycles. The first-order chi connectivity index (χ1) is 8.97. The summed E-state index contributed by atoms with van der Waals surface area (Å²) in [7, 11) is 3.27. The standard InChI is InChI=1S/C14H23N3O2/c1-10(2)12(15)7-9-17(3)14(18)11-6-5-8-16-13(11)19-4/h5-6,8,10,12H,7,9,15H2,1-4H3. The number of pyridine rings is 1. The Balaban J connectivity index is 2.66. The Bertz CT molecular complexity index is 421. The molecular formula is C14H23N3O2. The molecule has 1 aromatic heterocycles. The van der Waals surface area contributed by atoms with E-state index in [2.05, 4.69) is 18.8 Å². The number of methoxy groups -OCH3 is 1. The number of nitrogens with zero attached hydrogens (tertiary/aromatic N) is 2. The van der Waals surface area contributed by atoms with Crippen molar-refractivity contribution in [1.82, 2.24) is 9.88 Å². The van der Waals surface area contributed by atoms with Gasteiger partial charge in [-0.05, 0) is 24.5 Å². The molecule has 0 fully saturated rings. The quantitative estimate of drug-likeness (QED) is 0.847. The molecule has 0 saturated carbocycles. The highest BCUT2D eigenvalue weighted by molar-refractivity contribution is 5.96. The number of ether oxygens (including phenoxy) is 1. The number of aromatic nitrogens is 1. The number of amides is 1. The summed E-state index contributed by atoms with van der Waals surface area (Å²) in [4.78, 5) is 18.0. The van der Waals surface area contributed by atoms with Crippen molar-refractivity contribution in [2.75, 3.05) is 20.7 Å². The number of hydrogen-bond acceptors (Lipinski definition) is 4. The zero-order chi connectivity index (χ0) is 14.4. The van der Waals surface area contributed by atoms with Crippen LogP contribution >= 0.6 is 0 Å². The van der Waals surface area contributed by atoms with Gasteiger partial charge in [0.1, 0.15) is 5.56 Å². The average molecular weight is 265 g/mol. The summed E-state index contributed by atoms with van der Waals surface area (Å²) in [6.45, 7) is 4.78. The fourth-order valence-corrected chi connectivity index (χ4v) is 1.70. The van der Waals surface area contributed by atoms with Gasteiger partial charge in [0, 0.05) is 25.8 Å². The lowest BCUT2D eigenvalue weighted by molar-refractivity contribution is 0.0785. The minimum absolute atomic E-state index is 0.0964. The van der Waals surface area contributed by atoms with Gasteiger partial charge in [-0.25, -0.2) is 4.98 Å². The van der Waals surface area contributed by atoms with E-state index >= 15 is 0 Å². The topological polar surface area (TPSA) is 68.5 Å². The van der Waals surface area contributed by atoms with Crippen LogP contribution in [0.3, 0.4) is 0 Å². The second-order valence-electron chi connectivity index (χ2n) is 4.98. The maximum atomic E-state index is 12.3. The average Bonchev–Trinajstić information content (AvgIpc) is 2.43. The van der Waals surface area contributed by atoms with Gasteiger partial charge in [0.2, 0.25) is 5.88 Å². The Labute approximate surface area is 114 Å². The van der Waals surface area contributed by atoms with Crippen LogP contribution in [0.5, 0.6) is 5.88 Å². The minimum atomic E-state index is -0.0964. The second kappa shape index (κ2) is 7.09. The predicted octanol–water partition coefficient (Wildman–Crippen LogP) is 1.54. The van der Waals surface area contributed by atoms with Crippen LogP contribution in [-0.2, 0) is 0 Å². The summed E-state index contributed by atoms with van der Waals surface area (Å²) in [5, 5.41) is 0. The third-order valence-corrected chi connectivity index (χ3v) is 3.20. The van der Waals surface area contributed by atoms with Gasteiger partial charge < -0.3 is 15.4 Å². The summed E-state index contributed by atoms with van der Waals surface area (Å²) in [5.41, 5.74) is 6.46. The lowest BCUT2D eigenvalue weighted by atomic mass is 10.0. The Morgan fingerprint density at radius 1 is 1.53 bits per heavy atom. The molecule has 0 bridgehead atoms. The molecule has 1 amide bonds. The largest absolute Gasteiger partial charge is 0.480 e. The molecule has 1 unspecified atom stereocenters. The fraction of sp³-hybridized carbons (Fsp3) is 0.571. The number of hydrogen-bond donors (Lipinski definition) is 1. The van der Waals surface area contributed by atoms with E-state index < -0.39 is 0 Å². The fourth-order valence-electron chi connectivity index (χ4n) is 1.70. The SMILES string of the molecule is COc1ncccc1C(=O)N(C)CCC(N)C(C)C. The molecule has 5 nitrogen and oxygen atoms in total. The molecule has 0 aliphatic carbocycles. The summed E-state index contributed by atoms with van der Waals surface area (Å²) >= 11 is 0. The summed E-state index contributed by atoms with van der Waals surface area (Å²) in [6, 6.07) is 3.54. The van der Waals surface area contributed by atoms with Crippen LogP contribution in [-0.4, -0.2) is 42.5 Å². The van der Waals surface area contributed by atoms with Crippen LogP contribution < -0.4 is 10.5 Å². The Hall–Kier alpha value is -1.62. The molecule has 1 aromatic rings. The van der Waals surface area contributed by atoms with Crippen molar-refractivity contribution in [1.29, 1.82) is 0 Å². The van der Waals surface area contributed by atoms with Gasteiger partial charge in [-0.3, -0.25) is 4.79 Å². The highest BCUT2D eigenvalue weighted by Gasteiger charge is 2.18. The van der Waals surface area contributed by atoms with Crippen molar-refractivity contribution in [2.24, 2.45) is 11.7 Å². The maximum absolute atomic E-state index is 12.3. The van der Waals surface area contributed by atoms with Gasteiger partial charge in [-0.15, -0.1) is 0 Å². The monoisotopic (exact) mass is 265 g/mol. The maximum Gasteiger partial charge on any atom is 0.259 e. The molecule has 1 heterocycles. The lowest BCUT2D eigenvalue weighted by Gasteiger charge is -2.22. The molecule has 1 rings (SSSR count). The van der Waals surface area contributed by atoms with Crippen molar-refractivity contribution in [3.63, 3.8) is 0 Å². The molecule has 0 aromatic carbocycles. The van der Waals surface area contributed by atoms with E-state index in [0.717, 1.165) is 6.42 Å². The van der Waals surface area contributed by atoms with Crippen molar-refractivity contribution >= 4 is 5.91 Å². The van der Waals surface area contributed by atoms with E-state index in [0.29, 0.717) is 23.9 Å². The molecule has 0 saturated heterocycles. The van der Waals surface area contributed by atoms with E-state index in [-0.39, 0.29) is 11.9 Å². The van der Waals surface area contributed by atoms with Crippen LogP contribution in [0, 0.1) is 5.92 Å². The van der Waals surface area contributed by atoms with E-state index in [1.54, 1.807) is 30.3 Å². The minimum Gasteiger partial charge on any atom is -0.480 e. The molecular weight excluding hydrogens is 242 g/mol. The van der Waals surface area contributed by atoms with E-state index in [4.69, 9.17) is 10.5 Å². The van der Waals surface area contributed by atoms with E-state index in [1.165, 1.54) is 7.11 Å². The number of carbonyl (C=O) groups is 1. The Kier molecular flexibility index (Phi) is 5.76. The van der Waals surface area contributed by atoms with Crippen LogP contribution in [0.2, 0.25) is 0 Å². The normalized spacial score (nSPS) is 12.3. The van der Waals surface area contributed by atoms with Crippen LogP contribution in [0.4, 0.5) is 0 Å². The predicted molar refractivity (Wildman–Crippen MR) is 75.2 cm³/mol. The Morgan fingerprint density at radius 2 is 2.21 bits per heavy atom. The van der Waals surface area contributed by atoms with E-state index in [1.807, 2.05) is 0 Å². The zero-order valence-electron chi connectivity index (χ0n) is 12.1. The highest BCUT2D eigenvalue weighted by Crippen LogP contribution is 2.16. The van der Waals surface area contributed by atoms with Crippen LogP contribution in [0.1, 0.15) is 30.6 Å². The summed E-state index contributed by atoms with van der Waals surface area (Å²) in [5.74, 6) is 0.671. The zero-order valence-corrected chi connectivity index (χ0v) is 12.1. The van der Waals surface area contributed by atoms with Gasteiger partial charge in [0.05, 0.1) is 7.11 Å². The first-order valence-corrected chi connectivity index (χ1v) is 6.47. The van der Waals surface area contributed by atoms with Gasteiger partial charge in [0.15, 0.2) is 0 Å². The highest BCUT2D eigenvalue weighted by atomic mass is 16.5. The first-order valence-electron chi connectivity index (χ1n) is 6.47. The lowest BCUT2D eigenvalue weighted by Crippen LogP contribution is -2.34. The van der Waals surface area contributed by atoms with Gasteiger partial charge >= 0.3 is 0 Å². The van der Waals surface area contributed by atoms with Gasteiger partial charge in [-0.1, -0.05) is 13.8 Å². The molecule has 106 valence electrons. The smallest absolute Gasteiger partial charge is 0.259 e.